The van der Waals surface area contributed by atoms with Gasteiger partial charge in [0.05, 0.1) is 6.10 Å². The number of aliphatic hydroxyl groups is 3. The minimum absolute atomic E-state index is 0.378. The van der Waals surface area contributed by atoms with Crippen molar-refractivity contribution in [3.8, 4) is 0 Å². The third-order valence-electron chi connectivity index (χ3n) is 4.42. The summed E-state index contributed by atoms with van der Waals surface area (Å²) < 4.78 is 5.89. The number of amidine groups is 1. The SMILES string of the molecule is CN(C)C1=NC2C(OC(C(O)CCc3ccccc3)C(O)C2O)S1. The smallest absolute Gasteiger partial charge is 0.161 e. The van der Waals surface area contributed by atoms with Gasteiger partial charge in [-0.2, -0.15) is 0 Å². The van der Waals surface area contributed by atoms with Crippen LogP contribution in [0.3, 0.4) is 0 Å². The highest BCUT2D eigenvalue weighted by Crippen LogP contribution is 2.38. The molecule has 7 heteroatoms. The lowest BCUT2D eigenvalue weighted by Crippen LogP contribution is -2.58. The first kappa shape index (κ1) is 17.7. The van der Waals surface area contributed by atoms with Gasteiger partial charge in [0.2, 0.25) is 0 Å². The average Bonchev–Trinajstić information content (AvgIpc) is 3.01. The van der Waals surface area contributed by atoms with Crippen molar-refractivity contribution in [1.29, 1.82) is 0 Å². The molecule has 3 rings (SSSR count). The molecule has 0 spiro atoms. The molecule has 2 aliphatic heterocycles. The van der Waals surface area contributed by atoms with Crippen LogP contribution in [-0.2, 0) is 11.2 Å². The van der Waals surface area contributed by atoms with Crippen molar-refractivity contribution >= 4 is 16.9 Å². The summed E-state index contributed by atoms with van der Waals surface area (Å²) in [4.78, 5) is 6.27. The second-order valence-electron chi connectivity index (χ2n) is 6.46. The molecule has 2 aliphatic rings. The van der Waals surface area contributed by atoms with Crippen molar-refractivity contribution in [3.63, 3.8) is 0 Å². The third kappa shape index (κ3) is 3.60. The lowest BCUT2D eigenvalue weighted by molar-refractivity contribution is -0.185. The highest BCUT2D eigenvalue weighted by atomic mass is 32.2. The van der Waals surface area contributed by atoms with Crippen molar-refractivity contribution < 1.29 is 20.1 Å². The van der Waals surface area contributed by atoms with E-state index in [1.165, 1.54) is 11.8 Å². The zero-order chi connectivity index (χ0) is 17.3. The summed E-state index contributed by atoms with van der Waals surface area (Å²) in [5.74, 6) is 0. The molecular weight excluding hydrogens is 328 g/mol. The molecule has 6 unspecified atom stereocenters. The van der Waals surface area contributed by atoms with Gasteiger partial charge in [-0.05, 0) is 18.4 Å². The van der Waals surface area contributed by atoms with E-state index < -0.39 is 30.5 Å². The van der Waals surface area contributed by atoms with Crippen LogP contribution in [-0.4, -0.2) is 75.4 Å². The Hall–Kier alpha value is -1.12. The fourth-order valence-electron chi connectivity index (χ4n) is 3.03. The average molecular weight is 352 g/mol. The molecule has 0 saturated carbocycles. The third-order valence-corrected chi connectivity index (χ3v) is 5.72. The molecule has 1 fully saturated rings. The fraction of sp³-hybridized carbons (Fsp3) is 0.588. The summed E-state index contributed by atoms with van der Waals surface area (Å²) in [6, 6.07) is 9.36. The van der Waals surface area contributed by atoms with E-state index in [-0.39, 0.29) is 5.44 Å². The number of rotatable bonds is 4. The number of hydrogen-bond donors (Lipinski definition) is 3. The van der Waals surface area contributed by atoms with Crippen LogP contribution < -0.4 is 0 Å². The van der Waals surface area contributed by atoms with E-state index in [4.69, 9.17) is 4.74 Å². The van der Waals surface area contributed by atoms with E-state index in [1.54, 1.807) is 0 Å². The Morgan fingerprint density at radius 3 is 2.58 bits per heavy atom. The van der Waals surface area contributed by atoms with Gasteiger partial charge in [-0.25, -0.2) is 0 Å². The van der Waals surface area contributed by atoms with Crippen LogP contribution in [0.25, 0.3) is 0 Å². The molecular formula is C17H24N2O4S. The number of hydrogen-bond acceptors (Lipinski definition) is 7. The van der Waals surface area contributed by atoms with Gasteiger partial charge < -0.3 is 25.0 Å². The number of nitrogens with zero attached hydrogens (tertiary/aromatic N) is 2. The van der Waals surface area contributed by atoms with Gasteiger partial charge in [-0.15, -0.1) is 0 Å². The maximum atomic E-state index is 10.5. The van der Waals surface area contributed by atoms with E-state index in [1.807, 2.05) is 49.3 Å². The molecule has 24 heavy (non-hydrogen) atoms. The first-order valence-electron chi connectivity index (χ1n) is 8.12. The van der Waals surface area contributed by atoms with Gasteiger partial charge in [0.25, 0.3) is 0 Å². The molecule has 0 radical (unpaired) electrons. The largest absolute Gasteiger partial charge is 0.390 e. The van der Waals surface area contributed by atoms with E-state index in [0.717, 1.165) is 10.7 Å². The highest BCUT2D eigenvalue weighted by Gasteiger charge is 2.50. The Morgan fingerprint density at radius 1 is 1.21 bits per heavy atom. The monoisotopic (exact) mass is 352 g/mol. The molecule has 2 heterocycles. The highest BCUT2D eigenvalue weighted by molar-refractivity contribution is 8.14. The Kier molecular flexibility index (Phi) is 5.46. The molecule has 0 aliphatic carbocycles. The first-order valence-corrected chi connectivity index (χ1v) is 9.00. The van der Waals surface area contributed by atoms with E-state index >= 15 is 0 Å². The van der Waals surface area contributed by atoms with Crippen molar-refractivity contribution in [1.82, 2.24) is 4.90 Å². The van der Waals surface area contributed by atoms with Gasteiger partial charge in [0, 0.05) is 14.1 Å². The van der Waals surface area contributed by atoms with Gasteiger partial charge in [-0.1, -0.05) is 42.1 Å². The predicted octanol–water partition coefficient (Wildman–Crippen LogP) is 0.460. The van der Waals surface area contributed by atoms with Gasteiger partial charge in [0.15, 0.2) is 5.17 Å². The molecule has 0 aromatic heterocycles. The number of ether oxygens (including phenoxy) is 1. The topological polar surface area (TPSA) is 85.5 Å². The molecule has 6 atom stereocenters. The number of aryl methyl sites for hydroxylation is 1. The standard InChI is InChI=1S/C17H24N2O4S/c1-19(2)17-18-12-13(21)14(22)15(23-16(12)24-17)11(20)9-8-10-6-4-3-5-7-10/h3-7,11-16,20-22H,8-9H2,1-2H3. The van der Waals surface area contributed by atoms with Crippen LogP contribution in [0.5, 0.6) is 0 Å². The molecule has 1 saturated heterocycles. The van der Waals surface area contributed by atoms with E-state index in [9.17, 15) is 15.3 Å². The summed E-state index contributed by atoms with van der Waals surface area (Å²) in [5, 5.41) is 31.9. The van der Waals surface area contributed by atoms with E-state index in [2.05, 4.69) is 4.99 Å². The summed E-state index contributed by atoms with van der Waals surface area (Å²) in [5.41, 5.74) is 0.742. The normalized spacial score (nSPS) is 33.7. The number of benzene rings is 1. The van der Waals surface area contributed by atoms with Gasteiger partial charge >= 0.3 is 0 Å². The van der Waals surface area contributed by atoms with Crippen LogP contribution in [0.15, 0.2) is 35.3 Å². The summed E-state index contributed by atoms with van der Waals surface area (Å²) in [7, 11) is 3.75. The quantitative estimate of drug-likeness (QED) is 0.730. The van der Waals surface area contributed by atoms with Crippen LogP contribution in [0.4, 0.5) is 0 Å². The Labute approximate surface area is 146 Å². The Balaban J connectivity index is 1.63. The number of fused-ring (bicyclic) bond motifs is 1. The minimum Gasteiger partial charge on any atom is -0.390 e. The second kappa shape index (κ2) is 7.41. The van der Waals surface area contributed by atoms with Crippen LogP contribution in [0, 0.1) is 0 Å². The number of aliphatic hydroxyl groups excluding tert-OH is 3. The Morgan fingerprint density at radius 2 is 1.92 bits per heavy atom. The predicted molar refractivity (Wildman–Crippen MR) is 93.9 cm³/mol. The van der Waals surface area contributed by atoms with Crippen LogP contribution in [0.2, 0.25) is 0 Å². The molecule has 1 aromatic rings. The fourth-order valence-corrected chi connectivity index (χ4v) is 4.18. The first-order chi connectivity index (χ1) is 11.5. The maximum absolute atomic E-state index is 10.5. The second-order valence-corrected chi connectivity index (χ2v) is 7.52. The maximum Gasteiger partial charge on any atom is 0.161 e. The van der Waals surface area contributed by atoms with Crippen molar-refractivity contribution in [3.05, 3.63) is 35.9 Å². The molecule has 0 amide bonds. The molecule has 0 bridgehead atoms. The van der Waals surface area contributed by atoms with Gasteiger partial charge in [0.1, 0.15) is 29.8 Å². The Bertz CT molecular complexity index is 583. The minimum atomic E-state index is -1.15. The molecule has 132 valence electrons. The number of thioether (sulfide) groups is 1. The lowest BCUT2D eigenvalue weighted by Gasteiger charge is -2.40. The van der Waals surface area contributed by atoms with Crippen molar-refractivity contribution in [2.75, 3.05) is 14.1 Å². The number of aliphatic imine (C=N–C) groups is 1. The molecule has 3 N–H and O–H groups in total. The molecule has 6 nitrogen and oxygen atoms in total. The van der Waals surface area contributed by atoms with Crippen LogP contribution in [0.1, 0.15) is 12.0 Å². The summed E-state index contributed by atoms with van der Waals surface area (Å²) in [6.45, 7) is 0. The zero-order valence-corrected chi connectivity index (χ0v) is 14.6. The van der Waals surface area contributed by atoms with Crippen LogP contribution >= 0.6 is 11.8 Å². The van der Waals surface area contributed by atoms with Crippen molar-refractivity contribution in [2.45, 2.75) is 48.7 Å². The molecule has 1 aromatic carbocycles. The lowest BCUT2D eigenvalue weighted by atomic mass is 9.92. The van der Waals surface area contributed by atoms with E-state index in [0.29, 0.717) is 12.8 Å². The van der Waals surface area contributed by atoms with Gasteiger partial charge in [-0.3, -0.25) is 4.99 Å². The van der Waals surface area contributed by atoms with Crippen molar-refractivity contribution in [2.24, 2.45) is 4.99 Å². The zero-order valence-electron chi connectivity index (χ0n) is 13.8. The summed E-state index contributed by atoms with van der Waals surface area (Å²) >= 11 is 1.42. The summed E-state index contributed by atoms with van der Waals surface area (Å²) in [6.07, 6.45) is -2.70.